The maximum Gasteiger partial charge on any atom is 0.243 e. The van der Waals surface area contributed by atoms with Crippen LogP contribution in [-0.2, 0) is 4.79 Å². The Hall–Kier alpha value is -0.610. The van der Waals surface area contributed by atoms with Crippen LogP contribution in [0.5, 0.6) is 0 Å². The molecule has 0 aromatic rings. The molecule has 3 fully saturated rings. The molecule has 0 radical (unpaired) electrons. The minimum atomic E-state index is -0.245. The lowest BCUT2D eigenvalue weighted by molar-refractivity contribution is -0.140. The minimum absolute atomic E-state index is 0.245. The molecule has 0 aliphatic carbocycles. The first kappa shape index (κ1) is 12.4. The maximum absolute atomic E-state index is 13.0. The summed E-state index contributed by atoms with van der Waals surface area (Å²) in [6.45, 7) is 5.20. The van der Waals surface area contributed by atoms with Crippen molar-refractivity contribution in [3.63, 3.8) is 0 Å². The third-order valence-corrected chi connectivity index (χ3v) is 5.15. The van der Waals surface area contributed by atoms with Crippen molar-refractivity contribution < 1.29 is 4.79 Å². The number of fused-ring (bicyclic) bond motifs is 2. The van der Waals surface area contributed by atoms with Gasteiger partial charge in [0.1, 0.15) is 0 Å². The quantitative estimate of drug-likeness (QED) is 0.765. The highest BCUT2D eigenvalue weighted by atomic mass is 16.2. The Morgan fingerprint density at radius 1 is 1.28 bits per heavy atom. The number of carbonyl (C=O) groups is 1. The first-order chi connectivity index (χ1) is 8.77. The van der Waals surface area contributed by atoms with Crippen LogP contribution in [0.15, 0.2) is 0 Å². The summed E-state index contributed by atoms with van der Waals surface area (Å²) in [6, 6.07) is 0.930. The molecule has 2 N–H and O–H groups in total. The zero-order valence-corrected chi connectivity index (χ0v) is 11.4. The Balaban J connectivity index is 1.82. The zero-order chi connectivity index (χ0) is 12.6. The average Bonchev–Trinajstić information content (AvgIpc) is 2.93. The van der Waals surface area contributed by atoms with E-state index in [2.05, 4.69) is 22.5 Å². The highest BCUT2D eigenvalue weighted by Gasteiger charge is 2.47. The molecule has 4 heteroatoms. The van der Waals surface area contributed by atoms with Crippen LogP contribution in [0.4, 0.5) is 0 Å². The SMILES string of the molecule is CCC1(C(=O)N2C3CCNCC2CC3)CCCN1. The fraction of sp³-hybridized carbons (Fsp3) is 0.929. The molecule has 3 atom stereocenters. The van der Waals surface area contributed by atoms with Crippen molar-refractivity contribution in [1.82, 2.24) is 15.5 Å². The normalized spacial score (nSPS) is 39.9. The standard InChI is InChI=1S/C14H25N3O/c1-2-14(7-3-8-16-14)13(18)17-11-4-5-12(17)10-15-9-6-11/h11-12,15-16H,2-10H2,1H3. The molecule has 3 heterocycles. The Morgan fingerprint density at radius 3 is 2.83 bits per heavy atom. The number of hydrogen-bond donors (Lipinski definition) is 2. The fourth-order valence-electron chi connectivity index (χ4n) is 4.00. The number of amides is 1. The molecule has 18 heavy (non-hydrogen) atoms. The second-order valence-corrected chi connectivity index (χ2v) is 6.06. The lowest BCUT2D eigenvalue weighted by Gasteiger charge is -2.37. The highest BCUT2D eigenvalue weighted by molar-refractivity contribution is 5.87. The summed E-state index contributed by atoms with van der Waals surface area (Å²) in [4.78, 5) is 15.2. The summed E-state index contributed by atoms with van der Waals surface area (Å²) in [5.74, 6) is 0.388. The summed E-state index contributed by atoms with van der Waals surface area (Å²) >= 11 is 0. The van der Waals surface area contributed by atoms with Crippen LogP contribution in [0.1, 0.15) is 45.4 Å². The third-order valence-electron chi connectivity index (χ3n) is 5.15. The van der Waals surface area contributed by atoms with Crippen LogP contribution >= 0.6 is 0 Å². The number of rotatable bonds is 2. The summed E-state index contributed by atoms with van der Waals surface area (Å²) in [5.41, 5.74) is -0.245. The Labute approximate surface area is 109 Å². The molecule has 3 aliphatic heterocycles. The smallest absolute Gasteiger partial charge is 0.243 e. The van der Waals surface area contributed by atoms with Gasteiger partial charge in [0, 0.05) is 18.6 Å². The van der Waals surface area contributed by atoms with Gasteiger partial charge in [-0.05, 0) is 51.6 Å². The van der Waals surface area contributed by atoms with E-state index in [1.807, 2.05) is 0 Å². The van der Waals surface area contributed by atoms with Crippen LogP contribution < -0.4 is 10.6 Å². The van der Waals surface area contributed by atoms with Crippen molar-refractivity contribution in [2.24, 2.45) is 0 Å². The van der Waals surface area contributed by atoms with Gasteiger partial charge in [-0.3, -0.25) is 4.79 Å². The van der Waals surface area contributed by atoms with E-state index in [0.717, 1.165) is 45.3 Å². The van der Waals surface area contributed by atoms with Gasteiger partial charge in [-0.25, -0.2) is 0 Å². The molecule has 1 amide bonds. The molecule has 4 nitrogen and oxygen atoms in total. The van der Waals surface area contributed by atoms with Gasteiger partial charge in [-0.2, -0.15) is 0 Å². The van der Waals surface area contributed by atoms with E-state index in [9.17, 15) is 4.79 Å². The van der Waals surface area contributed by atoms with Crippen molar-refractivity contribution in [3.8, 4) is 0 Å². The van der Waals surface area contributed by atoms with Crippen LogP contribution in [-0.4, -0.2) is 48.1 Å². The molecule has 3 saturated heterocycles. The largest absolute Gasteiger partial charge is 0.334 e. The second kappa shape index (κ2) is 4.82. The summed E-state index contributed by atoms with van der Waals surface area (Å²) in [5, 5.41) is 6.96. The van der Waals surface area contributed by atoms with Gasteiger partial charge in [0.15, 0.2) is 0 Å². The van der Waals surface area contributed by atoms with Gasteiger partial charge < -0.3 is 15.5 Å². The van der Waals surface area contributed by atoms with Crippen molar-refractivity contribution in [2.45, 2.75) is 63.1 Å². The average molecular weight is 251 g/mol. The summed E-state index contributed by atoms with van der Waals surface area (Å²) in [6.07, 6.45) is 6.60. The molecule has 3 aliphatic rings. The van der Waals surface area contributed by atoms with E-state index < -0.39 is 0 Å². The van der Waals surface area contributed by atoms with Crippen LogP contribution in [0.25, 0.3) is 0 Å². The van der Waals surface area contributed by atoms with E-state index in [-0.39, 0.29) is 5.54 Å². The lowest BCUT2D eigenvalue weighted by atomic mass is 9.91. The monoisotopic (exact) mass is 251 g/mol. The number of carbonyl (C=O) groups excluding carboxylic acids is 1. The first-order valence-corrected chi connectivity index (χ1v) is 7.55. The summed E-state index contributed by atoms with van der Waals surface area (Å²) < 4.78 is 0. The molecular formula is C14H25N3O. The van der Waals surface area contributed by atoms with Crippen molar-refractivity contribution in [1.29, 1.82) is 0 Å². The Bertz CT molecular complexity index is 311. The molecule has 0 aromatic carbocycles. The number of nitrogens with one attached hydrogen (secondary N) is 2. The van der Waals surface area contributed by atoms with Crippen LogP contribution in [0.3, 0.4) is 0 Å². The van der Waals surface area contributed by atoms with E-state index in [4.69, 9.17) is 0 Å². The zero-order valence-electron chi connectivity index (χ0n) is 11.4. The summed E-state index contributed by atoms with van der Waals surface area (Å²) in [7, 11) is 0. The van der Waals surface area contributed by atoms with Crippen LogP contribution in [0.2, 0.25) is 0 Å². The molecule has 2 bridgehead atoms. The number of nitrogens with zero attached hydrogens (tertiary/aromatic N) is 1. The molecule has 3 rings (SSSR count). The third kappa shape index (κ3) is 1.86. The van der Waals surface area contributed by atoms with Crippen molar-refractivity contribution >= 4 is 5.91 Å². The molecule has 0 spiro atoms. The van der Waals surface area contributed by atoms with E-state index in [1.165, 1.54) is 12.8 Å². The predicted molar refractivity (Wildman–Crippen MR) is 71.4 cm³/mol. The first-order valence-electron chi connectivity index (χ1n) is 7.55. The van der Waals surface area contributed by atoms with Gasteiger partial charge in [0.2, 0.25) is 5.91 Å². The predicted octanol–water partition coefficient (Wildman–Crippen LogP) is 0.872. The van der Waals surface area contributed by atoms with Crippen molar-refractivity contribution in [2.75, 3.05) is 19.6 Å². The fourth-order valence-corrected chi connectivity index (χ4v) is 4.00. The Morgan fingerprint density at radius 2 is 2.11 bits per heavy atom. The van der Waals surface area contributed by atoms with Gasteiger partial charge in [-0.15, -0.1) is 0 Å². The second-order valence-electron chi connectivity index (χ2n) is 6.06. The minimum Gasteiger partial charge on any atom is -0.334 e. The lowest BCUT2D eigenvalue weighted by Crippen LogP contribution is -2.58. The molecule has 3 unspecified atom stereocenters. The Kier molecular flexibility index (Phi) is 3.32. The topological polar surface area (TPSA) is 44.4 Å². The molecule has 102 valence electrons. The van der Waals surface area contributed by atoms with Gasteiger partial charge in [-0.1, -0.05) is 6.92 Å². The van der Waals surface area contributed by atoms with E-state index >= 15 is 0 Å². The van der Waals surface area contributed by atoms with Gasteiger partial charge in [0.25, 0.3) is 0 Å². The number of hydrogen-bond acceptors (Lipinski definition) is 3. The molecular weight excluding hydrogens is 226 g/mol. The van der Waals surface area contributed by atoms with Crippen molar-refractivity contribution in [3.05, 3.63) is 0 Å². The van der Waals surface area contributed by atoms with Crippen LogP contribution in [0, 0.1) is 0 Å². The van der Waals surface area contributed by atoms with E-state index in [1.54, 1.807) is 0 Å². The maximum atomic E-state index is 13.0. The molecule has 0 saturated carbocycles. The van der Waals surface area contributed by atoms with E-state index in [0.29, 0.717) is 18.0 Å². The molecule has 0 aromatic heterocycles. The van der Waals surface area contributed by atoms with Gasteiger partial charge >= 0.3 is 0 Å². The van der Waals surface area contributed by atoms with Gasteiger partial charge in [0.05, 0.1) is 5.54 Å². The highest BCUT2D eigenvalue weighted by Crippen LogP contribution is 2.34.